The normalized spacial score (nSPS) is 21.1. The van der Waals surface area contributed by atoms with Crippen LogP contribution in [0.3, 0.4) is 0 Å². The Balaban J connectivity index is 1.69. The molecule has 2 fully saturated rings. The van der Waals surface area contributed by atoms with Crippen LogP contribution in [0.25, 0.3) is 0 Å². The number of amides is 1. The SMILES string of the molecule is CCNC(=NCc1cccnc1N1CCCC(C(N)=O)C1)NCC1(CC(C)C)CCCC1. The molecular formula is C25H42N6O. The van der Waals surface area contributed by atoms with Gasteiger partial charge >= 0.3 is 0 Å². The second-order valence-corrected chi connectivity index (χ2v) is 10.0. The van der Waals surface area contributed by atoms with Gasteiger partial charge in [-0.05, 0) is 56.4 Å². The maximum atomic E-state index is 11.7. The number of piperidine rings is 1. The van der Waals surface area contributed by atoms with Gasteiger partial charge in [0.1, 0.15) is 5.82 Å². The molecule has 0 radical (unpaired) electrons. The van der Waals surface area contributed by atoms with E-state index < -0.39 is 0 Å². The van der Waals surface area contributed by atoms with Crippen molar-refractivity contribution in [3.05, 3.63) is 23.9 Å². The van der Waals surface area contributed by atoms with E-state index in [0.717, 1.165) is 49.8 Å². The van der Waals surface area contributed by atoms with Gasteiger partial charge in [-0.25, -0.2) is 9.98 Å². The van der Waals surface area contributed by atoms with Gasteiger partial charge in [0.2, 0.25) is 5.91 Å². The summed E-state index contributed by atoms with van der Waals surface area (Å²) >= 11 is 0. The summed E-state index contributed by atoms with van der Waals surface area (Å²) in [5.41, 5.74) is 7.05. The average Bonchev–Trinajstić information content (AvgIpc) is 3.24. The monoisotopic (exact) mass is 442 g/mol. The second kappa shape index (κ2) is 11.5. The van der Waals surface area contributed by atoms with Crippen LogP contribution in [0, 0.1) is 17.3 Å². The number of nitrogens with one attached hydrogen (secondary N) is 2. The van der Waals surface area contributed by atoms with Crippen LogP contribution in [0.1, 0.15) is 71.3 Å². The molecule has 1 aliphatic heterocycles. The van der Waals surface area contributed by atoms with Gasteiger partial charge < -0.3 is 21.3 Å². The molecule has 4 N–H and O–H groups in total. The van der Waals surface area contributed by atoms with Crippen molar-refractivity contribution in [3.63, 3.8) is 0 Å². The zero-order valence-electron chi connectivity index (χ0n) is 20.2. The summed E-state index contributed by atoms with van der Waals surface area (Å²) in [6.07, 6.45) is 10.2. The maximum Gasteiger partial charge on any atom is 0.222 e. The average molecular weight is 443 g/mol. The van der Waals surface area contributed by atoms with Crippen molar-refractivity contribution < 1.29 is 4.79 Å². The van der Waals surface area contributed by atoms with Gasteiger partial charge in [-0.1, -0.05) is 32.8 Å². The maximum absolute atomic E-state index is 11.7. The number of carbonyl (C=O) groups is 1. The van der Waals surface area contributed by atoms with E-state index in [1.165, 1.54) is 32.1 Å². The minimum absolute atomic E-state index is 0.107. The number of hydrogen-bond acceptors (Lipinski definition) is 4. The second-order valence-electron chi connectivity index (χ2n) is 10.0. The van der Waals surface area contributed by atoms with Crippen molar-refractivity contribution in [2.45, 2.75) is 72.3 Å². The highest BCUT2D eigenvalue weighted by molar-refractivity contribution is 5.80. The molecule has 178 valence electrons. The lowest BCUT2D eigenvalue weighted by molar-refractivity contribution is -0.122. The predicted octanol–water partition coefficient (Wildman–Crippen LogP) is 3.44. The van der Waals surface area contributed by atoms with Crippen molar-refractivity contribution in [1.29, 1.82) is 0 Å². The summed E-state index contributed by atoms with van der Waals surface area (Å²) in [4.78, 5) is 23.4. The highest BCUT2D eigenvalue weighted by atomic mass is 16.1. The van der Waals surface area contributed by atoms with E-state index in [0.29, 0.717) is 24.4 Å². The Morgan fingerprint density at radius 2 is 2.09 bits per heavy atom. The van der Waals surface area contributed by atoms with Crippen molar-refractivity contribution in [2.24, 2.45) is 28.0 Å². The van der Waals surface area contributed by atoms with Gasteiger partial charge in [0.05, 0.1) is 12.5 Å². The van der Waals surface area contributed by atoms with Crippen molar-refractivity contribution in [3.8, 4) is 0 Å². The Kier molecular flexibility index (Phi) is 8.76. The van der Waals surface area contributed by atoms with Gasteiger partial charge in [-0.15, -0.1) is 0 Å². The Hall–Kier alpha value is -2.31. The molecule has 32 heavy (non-hydrogen) atoms. The Labute approximate surface area is 193 Å². The molecule has 0 spiro atoms. The van der Waals surface area contributed by atoms with Crippen molar-refractivity contribution in [2.75, 3.05) is 31.1 Å². The van der Waals surface area contributed by atoms with Crippen LogP contribution in [0.5, 0.6) is 0 Å². The first kappa shape index (κ1) is 24.3. The zero-order chi connectivity index (χ0) is 23.0. The third-order valence-electron chi connectivity index (χ3n) is 6.88. The lowest BCUT2D eigenvalue weighted by Crippen LogP contribution is -2.43. The standard InChI is InChI=1S/C25H42N6O/c1-4-27-24(30-18-25(15-19(2)3)11-5-6-12-25)29-16-20-9-7-13-28-23(20)31-14-8-10-21(17-31)22(26)32/h7,9,13,19,21H,4-6,8,10-12,14-18H2,1-3H3,(H2,26,32)(H2,27,29,30). The lowest BCUT2D eigenvalue weighted by Gasteiger charge is -2.33. The van der Waals surface area contributed by atoms with E-state index >= 15 is 0 Å². The van der Waals surface area contributed by atoms with E-state index in [4.69, 9.17) is 10.7 Å². The van der Waals surface area contributed by atoms with E-state index in [1.54, 1.807) is 0 Å². The van der Waals surface area contributed by atoms with E-state index in [1.807, 2.05) is 12.3 Å². The molecule has 1 saturated heterocycles. The quantitative estimate of drug-likeness (QED) is 0.402. The molecule has 2 heterocycles. The molecule has 1 unspecified atom stereocenters. The summed E-state index contributed by atoms with van der Waals surface area (Å²) in [5.74, 6) is 2.17. The number of carbonyl (C=O) groups excluding carboxylic acids is 1. The number of hydrogen-bond donors (Lipinski definition) is 3. The van der Waals surface area contributed by atoms with Crippen LogP contribution >= 0.6 is 0 Å². The molecule has 7 heteroatoms. The topological polar surface area (TPSA) is 95.6 Å². The smallest absolute Gasteiger partial charge is 0.222 e. The third-order valence-corrected chi connectivity index (χ3v) is 6.88. The fraction of sp³-hybridized carbons (Fsp3) is 0.720. The zero-order valence-corrected chi connectivity index (χ0v) is 20.2. The molecule has 1 atom stereocenters. The molecule has 0 aromatic carbocycles. The van der Waals surface area contributed by atoms with Gasteiger partial charge in [0, 0.05) is 37.9 Å². The van der Waals surface area contributed by atoms with Gasteiger partial charge in [-0.3, -0.25) is 4.79 Å². The molecule has 1 aromatic rings. The first-order chi connectivity index (χ1) is 15.4. The molecule has 1 amide bonds. The number of guanidine groups is 1. The predicted molar refractivity (Wildman–Crippen MR) is 132 cm³/mol. The summed E-state index contributed by atoms with van der Waals surface area (Å²) in [7, 11) is 0. The molecule has 1 saturated carbocycles. The molecule has 7 nitrogen and oxygen atoms in total. The minimum atomic E-state index is -0.217. The van der Waals surface area contributed by atoms with Crippen LogP contribution in [0.15, 0.2) is 23.3 Å². The van der Waals surface area contributed by atoms with Gasteiger partial charge in [-0.2, -0.15) is 0 Å². The molecule has 1 aliphatic carbocycles. The summed E-state index contributed by atoms with van der Waals surface area (Å²) in [6.45, 7) is 10.6. The number of primary amides is 1. The number of nitrogens with two attached hydrogens (primary N) is 1. The largest absolute Gasteiger partial charge is 0.369 e. The van der Waals surface area contributed by atoms with Crippen LogP contribution in [-0.2, 0) is 11.3 Å². The first-order valence-corrected chi connectivity index (χ1v) is 12.4. The number of rotatable bonds is 9. The number of anilines is 1. The molecule has 1 aromatic heterocycles. The Bertz CT molecular complexity index is 771. The molecular weight excluding hydrogens is 400 g/mol. The van der Waals surface area contributed by atoms with Crippen LogP contribution < -0.4 is 21.3 Å². The molecule has 0 bridgehead atoms. The fourth-order valence-electron chi connectivity index (χ4n) is 5.46. The number of aromatic nitrogens is 1. The van der Waals surface area contributed by atoms with Crippen LogP contribution in [0.2, 0.25) is 0 Å². The van der Waals surface area contributed by atoms with Gasteiger partial charge in [0.15, 0.2) is 5.96 Å². The number of nitrogens with zero attached hydrogens (tertiary/aromatic N) is 3. The summed E-state index contributed by atoms with van der Waals surface area (Å²) in [5, 5.41) is 7.06. The number of pyridine rings is 1. The minimum Gasteiger partial charge on any atom is -0.369 e. The molecule has 2 aliphatic rings. The van der Waals surface area contributed by atoms with Crippen LogP contribution in [-0.4, -0.2) is 43.0 Å². The Morgan fingerprint density at radius 1 is 1.31 bits per heavy atom. The van der Waals surface area contributed by atoms with Gasteiger partial charge in [0.25, 0.3) is 0 Å². The van der Waals surface area contributed by atoms with Crippen LogP contribution in [0.4, 0.5) is 5.82 Å². The first-order valence-electron chi connectivity index (χ1n) is 12.4. The molecule has 3 rings (SSSR count). The fourth-order valence-corrected chi connectivity index (χ4v) is 5.46. The van der Waals surface area contributed by atoms with E-state index in [9.17, 15) is 4.79 Å². The third kappa shape index (κ3) is 6.59. The highest BCUT2D eigenvalue weighted by Crippen LogP contribution is 2.42. The highest BCUT2D eigenvalue weighted by Gasteiger charge is 2.34. The van der Waals surface area contributed by atoms with E-state index in [-0.39, 0.29) is 11.8 Å². The summed E-state index contributed by atoms with van der Waals surface area (Å²) < 4.78 is 0. The lowest BCUT2D eigenvalue weighted by atomic mass is 9.78. The number of aliphatic imine (C=N–C) groups is 1. The van der Waals surface area contributed by atoms with Crippen molar-refractivity contribution in [1.82, 2.24) is 15.6 Å². The van der Waals surface area contributed by atoms with E-state index in [2.05, 4.69) is 47.4 Å². The summed E-state index contributed by atoms with van der Waals surface area (Å²) in [6, 6.07) is 4.04. The van der Waals surface area contributed by atoms with Crippen molar-refractivity contribution >= 4 is 17.7 Å². The Morgan fingerprint density at radius 3 is 2.78 bits per heavy atom.